The molecule has 2 aliphatic rings. The molecule has 1 saturated heterocycles. The van der Waals surface area contributed by atoms with Gasteiger partial charge in [0, 0.05) is 24.7 Å². The largest absolute Gasteiger partial charge is 0.492 e. The van der Waals surface area contributed by atoms with Crippen LogP contribution in [0.2, 0.25) is 5.02 Å². The number of rotatable bonds is 7. The molecule has 33 heavy (non-hydrogen) atoms. The van der Waals surface area contributed by atoms with Gasteiger partial charge in [-0.2, -0.15) is 9.57 Å². The van der Waals surface area contributed by atoms with Crippen molar-refractivity contribution in [3.8, 4) is 11.8 Å². The van der Waals surface area contributed by atoms with Crippen molar-refractivity contribution in [2.24, 2.45) is 5.92 Å². The van der Waals surface area contributed by atoms with Crippen LogP contribution in [0.1, 0.15) is 38.2 Å². The van der Waals surface area contributed by atoms with Gasteiger partial charge in [0.1, 0.15) is 5.75 Å². The van der Waals surface area contributed by atoms with Gasteiger partial charge in [0.25, 0.3) is 0 Å². The number of nitrogens with zero attached hydrogens (tertiary/aromatic N) is 2. The first-order chi connectivity index (χ1) is 15.8. The van der Waals surface area contributed by atoms with E-state index in [1.54, 1.807) is 6.07 Å². The van der Waals surface area contributed by atoms with Gasteiger partial charge in [0.15, 0.2) is 0 Å². The van der Waals surface area contributed by atoms with Gasteiger partial charge < -0.3 is 10.1 Å². The molecule has 174 valence electrons. The molecule has 2 aromatic carbocycles. The first-order valence-corrected chi connectivity index (χ1v) is 12.9. The molecule has 1 heterocycles. The second-order valence-corrected chi connectivity index (χ2v) is 10.8. The Morgan fingerprint density at radius 2 is 1.88 bits per heavy atom. The Bertz CT molecular complexity index is 1180. The summed E-state index contributed by atoms with van der Waals surface area (Å²) in [5.74, 6) is 0.0562. The van der Waals surface area contributed by atoms with E-state index in [0.717, 1.165) is 18.4 Å². The Kier molecular flexibility index (Phi) is 6.66. The van der Waals surface area contributed by atoms with Crippen LogP contribution >= 0.6 is 11.6 Å². The number of carbonyl (C=O) groups excluding carboxylic acids is 1. The summed E-state index contributed by atoms with van der Waals surface area (Å²) in [6, 6.07) is 14.2. The van der Waals surface area contributed by atoms with Crippen molar-refractivity contribution in [1.29, 1.82) is 5.26 Å². The van der Waals surface area contributed by atoms with Crippen LogP contribution in [0.5, 0.6) is 5.75 Å². The quantitative estimate of drug-likeness (QED) is 0.626. The molecular weight excluding hydrogens is 462 g/mol. The number of piperidine rings is 1. The molecule has 0 aromatic heterocycles. The molecule has 1 N–H and O–H groups in total. The summed E-state index contributed by atoms with van der Waals surface area (Å²) in [5.41, 5.74) is 1.31. The lowest BCUT2D eigenvalue weighted by Gasteiger charge is -2.30. The smallest absolute Gasteiger partial charge is 0.243 e. The summed E-state index contributed by atoms with van der Waals surface area (Å²) in [7, 11) is -3.70. The van der Waals surface area contributed by atoms with Crippen LogP contribution in [0, 0.1) is 17.2 Å². The molecule has 0 atom stereocenters. The zero-order valence-electron chi connectivity index (χ0n) is 18.4. The van der Waals surface area contributed by atoms with Crippen LogP contribution in [-0.4, -0.2) is 38.3 Å². The van der Waals surface area contributed by atoms with Crippen molar-refractivity contribution < 1.29 is 17.9 Å². The number of hydrogen-bond donors (Lipinski definition) is 1. The minimum atomic E-state index is -3.70. The van der Waals surface area contributed by atoms with Gasteiger partial charge in [-0.1, -0.05) is 23.7 Å². The lowest BCUT2D eigenvalue weighted by atomic mass is 9.96. The Balaban J connectivity index is 1.35. The average molecular weight is 488 g/mol. The maximum absolute atomic E-state index is 13.0. The third-order valence-electron chi connectivity index (χ3n) is 6.33. The fraction of sp³-hybridized carbons (Fsp3) is 0.417. The van der Waals surface area contributed by atoms with E-state index >= 15 is 0 Å². The highest BCUT2D eigenvalue weighted by Crippen LogP contribution is 2.47. The highest BCUT2D eigenvalue weighted by atomic mass is 35.5. The molecule has 0 unspecified atom stereocenters. The van der Waals surface area contributed by atoms with E-state index in [9.17, 15) is 18.5 Å². The van der Waals surface area contributed by atoms with Gasteiger partial charge in [0.05, 0.1) is 28.0 Å². The summed E-state index contributed by atoms with van der Waals surface area (Å²) < 4.78 is 32.8. The maximum atomic E-state index is 13.0. The molecule has 1 aliphatic heterocycles. The Labute approximate surface area is 199 Å². The van der Waals surface area contributed by atoms with Gasteiger partial charge in [0.2, 0.25) is 15.9 Å². The van der Waals surface area contributed by atoms with Crippen LogP contribution in [-0.2, 0) is 20.2 Å². The van der Waals surface area contributed by atoms with Crippen molar-refractivity contribution >= 4 is 33.2 Å². The molecule has 4 rings (SSSR count). The average Bonchev–Trinajstić information content (AvgIpc) is 3.62. The van der Waals surface area contributed by atoms with E-state index in [2.05, 4.69) is 11.4 Å². The van der Waals surface area contributed by atoms with Crippen LogP contribution in [0.15, 0.2) is 47.4 Å². The molecule has 2 aromatic rings. The van der Waals surface area contributed by atoms with Crippen molar-refractivity contribution in [2.45, 2.75) is 42.9 Å². The number of nitriles is 1. The molecule has 0 spiro atoms. The highest BCUT2D eigenvalue weighted by molar-refractivity contribution is 7.89. The maximum Gasteiger partial charge on any atom is 0.243 e. The standard InChI is InChI=1S/C24H26ClN3O4S/c1-2-32-22-8-7-20(15-21(22)25)33(30,31)28-13-9-17(10-14-28)23(29)27-19-5-3-18(4-6-19)24(16-26)11-12-24/h3-8,15,17H,2,9-14H2,1H3,(H,27,29). The summed E-state index contributed by atoms with van der Waals surface area (Å²) in [4.78, 5) is 12.8. The van der Waals surface area contributed by atoms with Gasteiger partial charge in [-0.3, -0.25) is 4.79 Å². The van der Waals surface area contributed by atoms with Gasteiger partial charge in [-0.05, 0) is 68.5 Å². The molecule has 0 bridgehead atoms. The predicted octanol–water partition coefficient (Wildman–Crippen LogP) is 4.33. The van der Waals surface area contributed by atoms with E-state index in [-0.39, 0.29) is 40.2 Å². The zero-order valence-corrected chi connectivity index (χ0v) is 20.0. The topological polar surface area (TPSA) is 99.5 Å². The van der Waals surface area contributed by atoms with Crippen LogP contribution in [0.4, 0.5) is 5.69 Å². The summed E-state index contributed by atoms with van der Waals surface area (Å²) >= 11 is 6.16. The van der Waals surface area contributed by atoms with Crippen LogP contribution in [0.25, 0.3) is 0 Å². The van der Waals surface area contributed by atoms with E-state index in [0.29, 0.717) is 30.9 Å². The molecule has 2 fully saturated rings. The fourth-order valence-electron chi connectivity index (χ4n) is 4.13. The van der Waals surface area contributed by atoms with Crippen LogP contribution < -0.4 is 10.1 Å². The number of sulfonamides is 1. The molecular formula is C24H26ClN3O4S. The SMILES string of the molecule is CCOc1ccc(S(=O)(=O)N2CCC(C(=O)Nc3ccc(C4(C#N)CC4)cc3)CC2)cc1Cl. The lowest BCUT2D eigenvalue weighted by Crippen LogP contribution is -2.41. The number of carbonyl (C=O) groups is 1. The Morgan fingerprint density at radius 3 is 2.42 bits per heavy atom. The molecule has 9 heteroatoms. The van der Waals surface area contributed by atoms with Crippen molar-refractivity contribution in [3.05, 3.63) is 53.1 Å². The van der Waals surface area contributed by atoms with E-state index < -0.39 is 10.0 Å². The third-order valence-corrected chi connectivity index (χ3v) is 8.52. The highest BCUT2D eigenvalue weighted by Gasteiger charge is 2.44. The minimum absolute atomic E-state index is 0.116. The van der Waals surface area contributed by atoms with Crippen molar-refractivity contribution in [1.82, 2.24) is 4.31 Å². The van der Waals surface area contributed by atoms with E-state index in [1.165, 1.54) is 16.4 Å². The molecule has 7 nitrogen and oxygen atoms in total. The first kappa shape index (κ1) is 23.6. The monoisotopic (exact) mass is 487 g/mol. The molecule has 0 radical (unpaired) electrons. The van der Waals surface area contributed by atoms with E-state index in [1.807, 2.05) is 31.2 Å². The van der Waals surface area contributed by atoms with Gasteiger partial charge in [-0.25, -0.2) is 8.42 Å². The second kappa shape index (κ2) is 9.34. The Hall–Kier alpha value is -2.60. The minimum Gasteiger partial charge on any atom is -0.492 e. The fourth-order valence-corrected chi connectivity index (χ4v) is 5.93. The molecule has 1 aliphatic carbocycles. The number of hydrogen-bond acceptors (Lipinski definition) is 5. The zero-order chi connectivity index (χ0) is 23.6. The third kappa shape index (κ3) is 4.86. The normalized spacial score (nSPS) is 18.3. The van der Waals surface area contributed by atoms with Crippen LogP contribution in [0.3, 0.4) is 0 Å². The van der Waals surface area contributed by atoms with Gasteiger partial charge in [-0.15, -0.1) is 0 Å². The van der Waals surface area contributed by atoms with Gasteiger partial charge >= 0.3 is 0 Å². The number of nitrogens with one attached hydrogen (secondary N) is 1. The summed E-state index contributed by atoms with van der Waals surface area (Å²) in [6.45, 7) is 2.78. The van der Waals surface area contributed by atoms with Crippen molar-refractivity contribution in [2.75, 3.05) is 25.0 Å². The number of amides is 1. The number of ether oxygens (including phenoxy) is 1. The Morgan fingerprint density at radius 1 is 1.21 bits per heavy atom. The lowest BCUT2D eigenvalue weighted by molar-refractivity contribution is -0.120. The summed E-state index contributed by atoms with van der Waals surface area (Å²) in [6.07, 6.45) is 2.62. The number of anilines is 1. The summed E-state index contributed by atoms with van der Waals surface area (Å²) in [5, 5.41) is 12.5. The first-order valence-electron chi connectivity index (χ1n) is 11.0. The molecule has 1 amide bonds. The second-order valence-electron chi connectivity index (χ2n) is 8.46. The van der Waals surface area contributed by atoms with Crippen molar-refractivity contribution in [3.63, 3.8) is 0 Å². The molecule has 1 saturated carbocycles. The van der Waals surface area contributed by atoms with E-state index in [4.69, 9.17) is 16.3 Å². The number of halogens is 1. The number of benzene rings is 2. The predicted molar refractivity (Wildman–Crippen MR) is 126 cm³/mol.